The van der Waals surface area contributed by atoms with Crippen LogP contribution in [-0.2, 0) is 9.84 Å². The summed E-state index contributed by atoms with van der Waals surface area (Å²) in [4.78, 5) is 12.3. The standard InChI is InChI=1S/C15H15NO4S/c1-10-6-7-13(21(2,19)20)9-14(10)15(18)16-11-4-3-5-12(17)8-11/h3-9,17H,1-2H3,(H,16,18). The van der Waals surface area contributed by atoms with Crippen LogP contribution in [0, 0.1) is 6.92 Å². The molecule has 0 aromatic heterocycles. The molecule has 110 valence electrons. The molecule has 0 saturated heterocycles. The van der Waals surface area contributed by atoms with Crippen LogP contribution in [0.4, 0.5) is 5.69 Å². The van der Waals surface area contributed by atoms with Crippen molar-refractivity contribution in [3.05, 3.63) is 53.6 Å². The summed E-state index contributed by atoms with van der Waals surface area (Å²) in [7, 11) is -3.38. The van der Waals surface area contributed by atoms with Crippen molar-refractivity contribution in [3.8, 4) is 5.75 Å². The van der Waals surface area contributed by atoms with Crippen LogP contribution in [0.3, 0.4) is 0 Å². The normalized spacial score (nSPS) is 11.1. The van der Waals surface area contributed by atoms with E-state index in [9.17, 15) is 18.3 Å². The van der Waals surface area contributed by atoms with Crippen LogP contribution in [0.25, 0.3) is 0 Å². The number of carbonyl (C=O) groups is 1. The molecule has 2 aromatic carbocycles. The van der Waals surface area contributed by atoms with Gasteiger partial charge in [0.25, 0.3) is 5.91 Å². The maximum Gasteiger partial charge on any atom is 0.255 e. The monoisotopic (exact) mass is 305 g/mol. The lowest BCUT2D eigenvalue weighted by molar-refractivity contribution is 0.102. The minimum atomic E-state index is -3.38. The molecule has 0 radical (unpaired) electrons. The van der Waals surface area contributed by atoms with E-state index in [4.69, 9.17) is 0 Å². The third-order valence-corrected chi connectivity index (χ3v) is 4.10. The van der Waals surface area contributed by atoms with E-state index in [0.717, 1.165) is 6.26 Å². The fourth-order valence-corrected chi connectivity index (χ4v) is 2.51. The van der Waals surface area contributed by atoms with Crippen molar-refractivity contribution in [2.45, 2.75) is 11.8 Å². The van der Waals surface area contributed by atoms with Crippen LogP contribution < -0.4 is 5.32 Å². The van der Waals surface area contributed by atoms with Gasteiger partial charge in [-0.15, -0.1) is 0 Å². The van der Waals surface area contributed by atoms with Crippen molar-refractivity contribution >= 4 is 21.4 Å². The highest BCUT2D eigenvalue weighted by atomic mass is 32.2. The first-order chi connectivity index (χ1) is 9.77. The van der Waals surface area contributed by atoms with Crippen molar-refractivity contribution in [1.82, 2.24) is 0 Å². The van der Waals surface area contributed by atoms with Gasteiger partial charge in [-0.3, -0.25) is 4.79 Å². The summed E-state index contributed by atoms with van der Waals surface area (Å²) in [5.41, 5.74) is 1.38. The van der Waals surface area contributed by atoms with E-state index in [-0.39, 0.29) is 16.2 Å². The van der Waals surface area contributed by atoms with Crippen molar-refractivity contribution in [2.75, 3.05) is 11.6 Å². The van der Waals surface area contributed by atoms with E-state index >= 15 is 0 Å². The van der Waals surface area contributed by atoms with Crippen LogP contribution in [0.2, 0.25) is 0 Å². The van der Waals surface area contributed by atoms with Gasteiger partial charge in [-0.25, -0.2) is 8.42 Å². The summed E-state index contributed by atoms with van der Waals surface area (Å²) < 4.78 is 23.1. The SMILES string of the molecule is Cc1ccc(S(C)(=O)=O)cc1C(=O)Nc1cccc(O)c1. The molecule has 0 bridgehead atoms. The number of hydrogen-bond donors (Lipinski definition) is 2. The zero-order valence-electron chi connectivity index (χ0n) is 11.6. The summed E-state index contributed by atoms with van der Waals surface area (Å²) in [6.45, 7) is 1.73. The highest BCUT2D eigenvalue weighted by Crippen LogP contribution is 2.19. The Morgan fingerprint density at radius 1 is 1.14 bits per heavy atom. The first kappa shape index (κ1) is 15.1. The molecule has 2 N–H and O–H groups in total. The number of rotatable bonds is 3. The summed E-state index contributed by atoms with van der Waals surface area (Å²) in [6.07, 6.45) is 1.09. The third kappa shape index (κ3) is 3.61. The van der Waals surface area contributed by atoms with Gasteiger partial charge in [0.1, 0.15) is 5.75 Å². The molecule has 0 atom stereocenters. The Kier molecular flexibility index (Phi) is 3.99. The molecule has 0 aliphatic carbocycles. The van der Waals surface area contributed by atoms with Gasteiger partial charge < -0.3 is 10.4 Å². The number of hydrogen-bond acceptors (Lipinski definition) is 4. The van der Waals surface area contributed by atoms with Crippen molar-refractivity contribution < 1.29 is 18.3 Å². The van der Waals surface area contributed by atoms with Crippen molar-refractivity contribution in [1.29, 1.82) is 0 Å². The minimum Gasteiger partial charge on any atom is -0.508 e. The molecular weight excluding hydrogens is 290 g/mol. The summed E-state index contributed by atoms with van der Waals surface area (Å²) in [5.74, 6) is -0.391. The number of sulfone groups is 1. The summed E-state index contributed by atoms with van der Waals surface area (Å²) >= 11 is 0. The number of nitrogens with one attached hydrogen (secondary N) is 1. The molecule has 0 aliphatic rings. The number of anilines is 1. The molecule has 5 nitrogen and oxygen atoms in total. The second kappa shape index (κ2) is 5.57. The van der Waals surface area contributed by atoms with Crippen molar-refractivity contribution in [3.63, 3.8) is 0 Å². The van der Waals surface area contributed by atoms with Gasteiger partial charge in [-0.05, 0) is 36.8 Å². The number of phenols is 1. The Morgan fingerprint density at radius 3 is 2.48 bits per heavy atom. The number of carbonyl (C=O) groups excluding carboxylic acids is 1. The minimum absolute atomic E-state index is 0.0365. The Balaban J connectivity index is 2.35. The van der Waals surface area contributed by atoms with Gasteiger partial charge in [0.2, 0.25) is 0 Å². The van der Waals surface area contributed by atoms with Gasteiger partial charge >= 0.3 is 0 Å². The second-order valence-electron chi connectivity index (χ2n) is 4.75. The number of aryl methyl sites for hydroxylation is 1. The zero-order valence-corrected chi connectivity index (χ0v) is 12.4. The second-order valence-corrected chi connectivity index (χ2v) is 6.77. The Morgan fingerprint density at radius 2 is 1.86 bits per heavy atom. The van der Waals surface area contributed by atoms with Gasteiger partial charge in [0.05, 0.1) is 4.90 Å². The van der Waals surface area contributed by atoms with Crippen LogP contribution in [0.1, 0.15) is 15.9 Å². The number of aromatic hydroxyl groups is 1. The molecule has 0 spiro atoms. The smallest absolute Gasteiger partial charge is 0.255 e. The molecule has 21 heavy (non-hydrogen) atoms. The average Bonchev–Trinajstić information content (AvgIpc) is 2.37. The fraction of sp³-hybridized carbons (Fsp3) is 0.133. The van der Waals surface area contributed by atoms with Crippen LogP contribution >= 0.6 is 0 Å². The third-order valence-electron chi connectivity index (χ3n) is 2.99. The zero-order chi connectivity index (χ0) is 15.6. The van der Waals surface area contributed by atoms with Gasteiger partial charge in [-0.2, -0.15) is 0 Å². The molecule has 6 heteroatoms. The molecule has 2 rings (SSSR count). The summed E-state index contributed by atoms with van der Waals surface area (Å²) in [5, 5.41) is 12.0. The van der Waals surface area contributed by atoms with Crippen LogP contribution in [0.5, 0.6) is 5.75 Å². The first-order valence-electron chi connectivity index (χ1n) is 6.18. The summed E-state index contributed by atoms with van der Waals surface area (Å²) in [6, 6.07) is 10.5. The highest BCUT2D eigenvalue weighted by Gasteiger charge is 2.14. The molecule has 1 amide bonds. The Hall–Kier alpha value is -2.34. The quantitative estimate of drug-likeness (QED) is 0.912. The predicted molar refractivity (Wildman–Crippen MR) is 80.3 cm³/mol. The molecule has 0 heterocycles. The highest BCUT2D eigenvalue weighted by molar-refractivity contribution is 7.90. The number of amides is 1. The average molecular weight is 305 g/mol. The maximum absolute atomic E-state index is 12.2. The first-order valence-corrected chi connectivity index (χ1v) is 8.07. The number of benzene rings is 2. The van der Waals surface area contributed by atoms with Gasteiger partial charge in [0.15, 0.2) is 9.84 Å². The van der Waals surface area contributed by atoms with Gasteiger partial charge in [-0.1, -0.05) is 12.1 Å². The van der Waals surface area contributed by atoms with Crippen LogP contribution in [-0.4, -0.2) is 25.7 Å². The van der Waals surface area contributed by atoms with Crippen LogP contribution in [0.15, 0.2) is 47.4 Å². The Labute approximate surface area is 123 Å². The molecule has 0 saturated carbocycles. The lowest BCUT2D eigenvalue weighted by atomic mass is 10.1. The van der Waals surface area contributed by atoms with Crippen molar-refractivity contribution in [2.24, 2.45) is 0 Å². The molecule has 0 aliphatic heterocycles. The lowest BCUT2D eigenvalue weighted by Gasteiger charge is -2.09. The molecule has 2 aromatic rings. The largest absolute Gasteiger partial charge is 0.508 e. The van der Waals surface area contributed by atoms with E-state index in [1.165, 1.54) is 24.3 Å². The number of phenolic OH excluding ortho intramolecular Hbond substituents is 1. The topological polar surface area (TPSA) is 83.5 Å². The molecule has 0 fully saturated rings. The fourth-order valence-electron chi connectivity index (χ4n) is 1.86. The van der Waals surface area contributed by atoms with E-state index in [2.05, 4.69) is 5.32 Å². The molecular formula is C15H15NO4S. The maximum atomic E-state index is 12.2. The molecule has 0 unspecified atom stereocenters. The van der Waals surface area contributed by atoms with E-state index in [1.807, 2.05) is 0 Å². The van der Waals surface area contributed by atoms with Gasteiger partial charge in [0, 0.05) is 23.6 Å². The lowest BCUT2D eigenvalue weighted by Crippen LogP contribution is -2.14. The van der Waals surface area contributed by atoms with E-state index in [0.29, 0.717) is 11.3 Å². The Bertz CT molecular complexity index is 797. The van der Waals surface area contributed by atoms with E-state index < -0.39 is 15.7 Å². The van der Waals surface area contributed by atoms with E-state index in [1.54, 1.807) is 25.1 Å². The predicted octanol–water partition coefficient (Wildman–Crippen LogP) is 2.36.